The van der Waals surface area contributed by atoms with E-state index in [1.54, 1.807) is 0 Å². The number of nitrogens with one attached hydrogen (secondary N) is 1. The molecular weight excluding hydrogens is 779 g/mol. The molecule has 0 saturated heterocycles. The molecule has 0 bridgehead atoms. The maximum atomic E-state index is 13.2. The molecule has 6 heteroatoms. The van der Waals surface area contributed by atoms with Crippen LogP contribution < -0.4 is 5.32 Å². The standard InChI is InChI=1S/C57H103NO5/c1-4-7-10-13-16-19-22-25-27-29-31-33-36-39-42-45-48-53(63-57(62)50-47-44-41-38-35-32-30-28-26-23-20-17-14-11-8-5-2)51-56(61)58-54(52-59)55(60)49-46-43-40-37-34-24-21-18-15-12-9-6-3/h22,25,27-33,35,53-55,59-60H,4-21,23-24,26,34,36-52H2,1-3H3,(H,58,61)/b25-22+,29-27+,30-28+,33-31+,35-32+. The molecule has 0 rings (SSSR count). The Morgan fingerprint density at radius 3 is 1.24 bits per heavy atom. The zero-order chi connectivity index (χ0) is 45.9. The zero-order valence-corrected chi connectivity index (χ0v) is 41.7. The number of allylic oxidation sites excluding steroid dienone is 10. The molecule has 0 saturated carbocycles. The lowest BCUT2D eigenvalue weighted by Crippen LogP contribution is -2.46. The maximum absolute atomic E-state index is 13.2. The number of aliphatic hydroxyl groups is 2. The summed E-state index contributed by atoms with van der Waals surface area (Å²) in [7, 11) is 0. The molecule has 0 spiro atoms. The molecule has 3 atom stereocenters. The van der Waals surface area contributed by atoms with Gasteiger partial charge in [-0.15, -0.1) is 0 Å². The highest BCUT2D eigenvalue weighted by molar-refractivity contribution is 5.77. The van der Waals surface area contributed by atoms with Gasteiger partial charge in [0.05, 0.1) is 25.2 Å². The quantitative estimate of drug-likeness (QED) is 0.0321. The summed E-state index contributed by atoms with van der Waals surface area (Å²) in [5.74, 6) is -0.535. The average molecular weight is 882 g/mol. The molecule has 3 unspecified atom stereocenters. The molecule has 0 radical (unpaired) electrons. The van der Waals surface area contributed by atoms with Crippen molar-refractivity contribution < 1.29 is 24.5 Å². The third-order valence-electron chi connectivity index (χ3n) is 12.2. The van der Waals surface area contributed by atoms with Gasteiger partial charge in [-0.3, -0.25) is 9.59 Å². The van der Waals surface area contributed by atoms with Gasteiger partial charge in [-0.1, -0.05) is 236 Å². The SMILES string of the molecule is CCCCCCC/C=C/C=C/C=C/CCCCCC(CC(=O)NC(CO)C(O)CCCCCCCCCCCCCC)OC(=O)CCCCC/C=C/C=C/CCCCCCCCC. The molecule has 0 aromatic heterocycles. The summed E-state index contributed by atoms with van der Waals surface area (Å²) >= 11 is 0. The summed E-state index contributed by atoms with van der Waals surface area (Å²) < 4.78 is 5.92. The molecule has 6 nitrogen and oxygen atoms in total. The smallest absolute Gasteiger partial charge is 0.306 e. The second-order valence-electron chi connectivity index (χ2n) is 18.4. The number of esters is 1. The highest BCUT2D eigenvalue weighted by atomic mass is 16.5. The van der Waals surface area contributed by atoms with Gasteiger partial charge >= 0.3 is 5.97 Å². The fraction of sp³-hybridized carbons (Fsp3) is 0.789. The van der Waals surface area contributed by atoms with E-state index >= 15 is 0 Å². The minimum Gasteiger partial charge on any atom is -0.462 e. The highest BCUT2D eigenvalue weighted by Gasteiger charge is 2.24. The van der Waals surface area contributed by atoms with Crippen LogP contribution in [0.1, 0.15) is 265 Å². The van der Waals surface area contributed by atoms with Crippen molar-refractivity contribution in [2.75, 3.05) is 6.61 Å². The third kappa shape index (κ3) is 45.9. The number of unbranched alkanes of at least 4 members (excludes halogenated alkanes) is 29. The van der Waals surface area contributed by atoms with Crippen LogP contribution in [-0.2, 0) is 14.3 Å². The fourth-order valence-corrected chi connectivity index (χ4v) is 8.01. The number of aliphatic hydroxyl groups excluding tert-OH is 2. The van der Waals surface area contributed by atoms with E-state index in [1.165, 1.54) is 135 Å². The van der Waals surface area contributed by atoms with E-state index in [1.807, 2.05) is 0 Å². The molecule has 0 heterocycles. The predicted molar refractivity (Wildman–Crippen MR) is 273 cm³/mol. The van der Waals surface area contributed by atoms with Crippen molar-refractivity contribution in [3.8, 4) is 0 Å². The molecule has 0 aromatic rings. The van der Waals surface area contributed by atoms with Crippen LogP contribution in [0.15, 0.2) is 60.8 Å². The zero-order valence-electron chi connectivity index (χ0n) is 41.7. The van der Waals surface area contributed by atoms with E-state index in [0.717, 1.165) is 83.5 Å². The normalized spacial score (nSPS) is 13.7. The Labute approximate surface area is 390 Å². The van der Waals surface area contributed by atoms with Gasteiger partial charge in [-0.2, -0.15) is 0 Å². The first-order valence-electron chi connectivity index (χ1n) is 27.1. The number of carbonyl (C=O) groups excluding carboxylic acids is 2. The Balaban J connectivity index is 4.70. The number of carbonyl (C=O) groups is 2. The van der Waals surface area contributed by atoms with Crippen molar-refractivity contribution in [1.29, 1.82) is 0 Å². The summed E-state index contributed by atoms with van der Waals surface area (Å²) in [6.07, 6.45) is 62.8. The van der Waals surface area contributed by atoms with Gasteiger partial charge in [0.1, 0.15) is 6.10 Å². The van der Waals surface area contributed by atoms with Gasteiger partial charge < -0.3 is 20.3 Å². The van der Waals surface area contributed by atoms with Crippen LogP contribution in [0.5, 0.6) is 0 Å². The van der Waals surface area contributed by atoms with Gasteiger partial charge in [-0.05, 0) is 77.0 Å². The van der Waals surface area contributed by atoms with Crippen LogP contribution in [0.4, 0.5) is 0 Å². The molecule has 0 aliphatic rings. The second kappa shape index (κ2) is 50.6. The molecule has 63 heavy (non-hydrogen) atoms. The molecule has 0 aromatic carbocycles. The molecule has 1 amide bonds. The number of rotatable bonds is 48. The molecule has 3 N–H and O–H groups in total. The van der Waals surface area contributed by atoms with E-state index in [0.29, 0.717) is 19.3 Å². The fourth-order valence-electron chi connectivity index (χ4n) is 8.01. The van der Waals surface area contributed by atoms with Gasteiger partial charge in [0, 0.05) is 6.42 Å². The first-order chi connectivity index (χ1) is 31.0. The van der Waals surface area contributed by atoms with E-state index in [4.69, 9.17) is 4.74 Å². The van der Waals surface area contributed by atoms with Gasteiger partial charge in [0.25, 0.3) is 0 Å². The van der Waals surface area contributed by atoms with Crippen LogP contribution in [0.3, 0.4) is 0 Å². The van der Waals surface area contributed by atoms with Crippen molar-refractivity contribution >= 4 is 11.9 Å². The Kier molecular flexibility index (Phi) is 48.6. The largest absolute Gasteiger partial charge is 0.462 e. The Morgan fingerprint density at radius 1 is 0.460 bits per heavy atom. The molecule has 0 aliphatic heterocycles. The van der Waals surface area contributed by atoms with Crippen molar-refractivity contribution in [2.45, 2.75) is 283 Å². The second-order valence-corrected chi connectivity index (χ2v) is 18.4. The van der Waals surface area contributed by atoms with Crippen molar-refractivity contribution in [3.05, 3.63) is 60.8 Å². The van der Waals surface area contributed by atoms with Gasteiger partial charge in [-0.25, -0.2) is 0 Å². The third-order valence-corrected chi connectivity index (χ3v) is 12.2. The lowest BCUT2D eigenvalue weighted by molar-refractivity contribution is -0.151. The highest BCUT2D eigenvalue weighted by Crippen LogP contribution is 2.17. The van der Waals surface area contributed by atoms with Crippen molar-refractivity contribution in [2.24, 2.45) is 0 Å². The van der Waals surface area contributed by atoms with Crippen LogP contribution in [0.2, 0.25) is 0 Å². The minimum absolute atomic E-state index is 0.0434. The Morgan fingerprint density at radius 2 is 0.810 bits per heavy atom. The first kappa shape index (κ1) is 60.6. The van der Waals surface area contributed by atoms with Crippen molar-refractivity contribution in [3.63, 3.8) is 0 Å². The summed E-state index contributed by atoms with van der Waals surface area (Å²) in [6, 6.07) is -0.719. The monoisotopic (exact) mass is 882 g/mol. The predicted octanol–water partition coefficient (Wildman–Crippen LogP) is 16.4. The lowest BCUT2D eigenvalue weighted by Gasteiger charge is -2.24. The van der Waals surface area contributed by atoms with Crippen molar-refractivity contribution in [1.82, 2.24) is 5.32 Å². The van der Waals surface area contributed by atoms with E-state index < -0.39 is 18.2 Å². The Hall–Kier alpha value is -2.44. The van der Waals surface area contributed by atoms with E-state index in [2.05, 4.69) is 86.8 Å². The summed E-state index contributed by atoms with van der Waals surface area (Å²) in [6.45, 7) is 6.45. The molecule has 366 valence electrons. The van der Waals surface area contributed by atoms with Gasteiger partial charge in [0.15, 0.2) is 0 Å². The van der Waals surface area contributed by atoms with E-state index in [-0.39, 0.29) is 24.9 Å². The number of hydrogen-bond donors (Lipinski definition) is 3. The molecular formula is C57H103NO5. The van der Waals surface area contributed by atoms with Crippen LogP contribution >= 0.6 is 0 Å². The maximum Gasteiger partial charge on any atom is 0.306 e. The topological polar surface area (TPSA) is 95.9 Å². The van der Waals surface area contributed by atoms with Crippen LogP contribution in [0, 0.1) is 0 Å². The molecule has 0 fully saturated rings. The van der Waals surface area contributed by atoms with E-state index in [9.17, 15) is 19.8 Å². The Bertz CT molecular complexity index is 1130. The average Bonchev–Trinajstić information content (AvgIpc) is 3.28. The summed E-state index contributed by atoms with van der Waals surface area (Å²) in [5, 5.41) is 23.8. The number of amides is 1. The lowest BCUT2D eigenvalue weighted by atomic mass is 10.0. The van der Waals surface area contributed by atoms with Crippen LogP contribution in [0.25, 0.3) is 0 Å². The number of hydrogen-bond acceptors (Lipinski definition) is 5. The van der Waals surface area contributed by atoms with Gasteiger partial charge in [0.2, 0.25) is 5.91 Å². The first-order valence-corrected chi connectivity index (χ1v) is 27.1. The number of ether oxygens (including phenoxy) is 1. The summed E-state index contributed by atoms with van der Waals surface area (Å²) in [4.78, 5) is 26.2. The van der Waals surface area contributed by atoms with Crippen LogP contribution in [-0.4, -0.2) is 46.9 Å². The summed E-state index contributed by atoms with van der Waals surface area (Å²) in [5.41, 5.74) is 0. The minimum atomic E-state index is -0.803. The molecule has 0 aliphatic carbocycles.